The van der Waals surface area contributed by atoms with Crippen molar-refractivity contribution in [2.45, 2.75) is 6.54 Å². The largest absolute Gasteiger partial charge is 0.484 e. The Morgan fingerprint density at radius 1 is 1.00 bits per heavy atom. The highest BCUT2D eigenvalue weighted by molar-refractivity contribution is 6.30. The molecule has 25 heavy (non-hydrogen) atoms. The second kappa shape index (κ2) is 8.31. The summed E-state index contributed by atoms with van der Waals surface area (Å²) in [6.45, 7) is 0.360. The fraction of sp³-hybridized carbons (Fsp3) is 0.100. The van der Waals surface area contributed by atoms with Crippen LogP contribution in [0.1, 0.15) is 5.56 Å². The number of halogens is 1. The smallest absolute Gasteiger partial charge is 0.265 e. The van der Waals surface area contributed by atoms with Crippen LogP contribution in [0.5, 0.6) is 5.75 Å². The molecule has 4 nitrogen and oxygen atoms in total. The fourth-order valence-electron chi connectivity index (χ4n) is 2.36. The van der Waals surface area contributed by atoms with Gasteiger partial charge in [-0.1, -0.05) is 35.9 Å². The van der Waals surface area contributed by atoms with Gasteiger partial charge in [-0.25, -0.2) is 0 Å². The molecule has 2 aromatic carbocycles. The Morgan fingerprint density at radius 2 is 1.76 bits per heavy atom. The van der Waals surface area contributed by atoms with Gasteiger partial charge in [-0.2, -0.15) is 0 Å². The third-order valence-corrected chi connectivity index (χ3v) is 3.86. The highest BCUT2D eigenvalue weighted by Crippen LogP contribution is 2.21. The number of anilines is 1. The number of carbonyl (C=O) groups is 1. The number of ether oxygens (including phenoxy) is 1. The molecule has 0 fully saturated rings. The molecule has 1 heterocycles. The Kier molecular flexibility index (Phi) is 5.65. The Morgan fingerprint density at radius 3 is 2.44 bits per heavy atom. The first kappa shape index (κ1) is 17.0. The number of carbonyl (C=O) groups excluding carboxylic acids is 1. The Balaban J connectivity index is 1.77. The van der Waals surface area contributed by atoms with Crippen LogP contribution >= 0.6 is 11.6 Å². The zero-order chi connectivity index (χ0) is 17.5. The molecule has 0 saturated heterocycles. The minimum atomic E-state index is -0.143. The van der Waals surface area contributed by atoms with Crippen molar-refractivity contribution in [3.05, 3.63) is 89.7 Å². The number of rotatable bonds is 6. The zero-order valence-corrected chi connectivity index (χ0v) is 14.3. The van der Waals surface area contributed by atoms with Crippen LogP contribution in [0.3, 0.4) is 0 Å². The van der Waals surface area contributed by atoms with Crippen LogP contribution in [0, 0.1) is 0 Å². The molecular formula is C20H17ClN2O2. The van der Waals surface area contributed by atoms with Crippen LogP contribution in [0.25, 0.3) is 0 Å². The van der Waals surface area contributed by atoms with Crippen molar-refractivity contribution in [3.8, 4) is 5.75 Å². The number of para-hydroxylation sites is 1. The lowest BCUT2D eigenvalue weighted by Gasteiger charge is -2.23. The van der Waals surface area contributed by atoms with Crippen LogP contribution in [0.4, 0.5) is 5.69 Å². The summed E-state index contributed by atoms with van der Waals surface area (Å²) in [5.74, 6) is 0.517. The first-order chi connectivity index (χ1) is 12.2. The third-order valence-electron chi connectivity index (χ3n) is 3.61. The van der Waals surface area contributed by atoms with E-state index < -0.39 is 0 Å². The molecule has 3 rings (SSSR count). The molecule has 0 aliphatic heterocycles. The van der Waals surface area contributed by atoms with E-state index >= 15 is 0 Å². The molecule has 0 atom stereocenters. The average Bonchev–Trinajstić information content (AvgIpc) is 2.67. The Hall–Kier alpha value is -2.85. The SMILES string of the molecule is O=C(COc1ccccc1)N(Cc1cccnc1)c1ccc(Cl)cc1. The lowest BCUT2D eigenvalue weighted by Crippen LogP contribution is -2.34. The van der Waals surface area contributed by atoms with Gasteiger partial charge >= 0.3 is 0 Å². The normalized spacial score (nSPS) is 10.3. The van der Waals surface area contributed by atoms with E-state index in [1.54, 1.807) is 29.4 Å². The van der Waals surface area contributed by atoms with Gasteiger partial charge in [-0.15, -0.1) is 0 Å². The molecule has 3 aromatic rings. The van der Waals surface area contributed by atoms with E-state index in [0.717, 1.165) is 11.3 Å². The predicted octanol–water partition coefficient (Wildman–Crippen LogP) is 4.35. The molecule has 5 heteroatoms. The minimum Gasteiger partial charge on any atom is -0.484 e. The van der Waals surface area contributed by atoms with Crippen molar-refractivity contribution in [2.75, 3.05) is 11.5 Å². The molecule has 0 aliphatic carbocycles. The number of nitrogens with zero attached hydrogens (tertiary/aromatic N) is 2. The van der Waals surface area contributed by atoms with E-state index in [4.69, 9.17) is 16.3 Å². The summed E-state index contributed by atoms with van der Waals surface area (Å²) < 4.78 is 5.60. The van der Waals surface area contributed by atoms with Crippen molar-refractivity contribution in [1.29, 1.82) is 0 Å². The summed E-state index contributed by atoms with van der Waals surface area (Å²) in [7, 11) is 0. The standard InChI is InChI=1S/C20H17ClN2O2/c21-17-8-10-18(11-9-17)23(14-16-5-4-12-22-13-16)20(24)15-25-19-6-2-1-3-7-19/h1-13H,14-15H2. The lowest BCUT2D eigenvalue weighted by atomic mass is 10.2. The lowest BCUT2D eigenvalue weighted by molar-refractivity contribution is -0.120. The van der Waals surface area contributed by atoms with Gasteiger partial charge in [0, 0.05) is 23.1 Å². The second-order valence-electron chi connectivity index (χ2n) is 5.42. The van der Waals surface area contributed by atoms with Gasteiger partial charge in [-0.3, -0.25) is 9.78 Å². The highest BCUT2D eigenvalue weighted by Gasteiger charge is 2.17. The van der Waals surface area contributed by atoms with E-state index in [-0.39, 0.29) is 12.5 Å². The number of aromatic nitrogens is 1. The quantitative estimate of drug-likeness (QED) is 0.662. The van der Waals surface area contributed by atoms with Gasteiger partial charge in [0.2, 0.25) is 0 Å². The number of amides is 1. The van der Waals surface area contributed by atoms with Gasteiger partial charge in [0.25, 0.3) is 5.91 Å². The predicted molar refractivity (Wildman–Crippen MR) is 98.8 cm³/mol. The molecule has 0 N–H and O–H groups in total. The van der Waals surface area contributed by atoms with Crippen molar-refractivity contribution in [3.63, 3.8) is 0 Å². The molecule has 1 amide bonds. The Labute approximate surface area is 151 Å². The highest BCUT2D eigenvalue weighted by atomic mass is 35.5. The summed E-state index contributed by atoms with van der Waals surface area (Å²) in [5, 5.41) is 0.623. The zero-order valence-electron chi connectivity index (χ0n) is 13.5. The topological polar surface area (TPSA) is 42.4 Å². The van der Waals surface area contributed by atoms with Gasteiger partial charge in [0.05, 0.1) is 6.54 Å². The number of hydrogen-bond acceptors (Lipinski definition) is 3. The average molecular weight is 353 g/mol. The maximum absolute atomic E-state index is 12.8. The van der Waals surface area contributed by atoms with Crippen LogP contribution in [0.2, 0.25) is 5.02 Å². The number of hydrogen-bond donors (Lipinski definition) is 0. The van der Waals surface area contributed by atoms with Crippen LogP contribution in [0.15, 0.2) is 79.1 Å². The van der Waals surface area contributed by atoms with Crippen molar-refractivity contribution in [1.82, 2.24) is 4.98 Å². The molecule has 0 saturated carbocycles. The van der Waals surface area contributed by atoms with Crippen LogP contribution in [-0.4, -0.2) is 17.5 Å². The second-order valence-corrected chi connectivity index (χ2v) is 5.86. The molecule has 0 unspecified atom stereocenters. The molecule has 0 bridgehead atoms. The molecule has 0 radical (unpaired) electrons. The van der Waals surface area contributed by atoms with Gasteiger partial charge in [-0.05, 0) is 48.0 Å². The summed E-state index contributed by atoms with van der Waals surface area (Å²) in [5.41, 5.74) is 1.69. The van der Waals surface area contributed by atoms with E-state index in [1.807, 2.05) is 54.6 Å². The van der Waals surface area contributed by atoms with Gasteiger partial charge in [0.1, 0.15) is 5.75 Å². The maximum atomic E-state index is 12.8. The Bertz CT molecular complexity index is 808. The third kappa shape index (κ3) is 4.81. The monoisotopic (exact) mass is 352 g/mol. The molecule has 0 aliphatic rings. The van der Waals surface area contributed by atoms with E-state index in [0.29, 0.717) is 17.3 Å². The maximum Gasteiger partial charge on any atom is 0.265 e. The first-order valence-corrected chi connectivity index (χ1v) is 8.23. The molecule has 0 spiro atoms. The van der Waals surface area contributed by atoms with E-state index in [1.165, 1.54) is 0 Å². The summed E-state index contributed by atoms with van der Waals surface area (Å²) >= 11 is 5.96. The molecule has 1 aromatic heterocycles. The number of benzene rings is 2. The van der Waals surface area contributed by atoms with Gasteiger partial charge in [0.15, 0.2) is 6.61 Å². The summed E-state index contributed by atoms with van der Waals surface area (Å²) in [6.07, 6.45) is 3.45. The van der Waals surface area contributed by atoms with Crippen molar-refractivity contribution < 1.29 is 9.53 Å². The van der Waals surface area contributed by atoms with Gasteiger partial charge < -0.3 is 9.64 Å². The van der Waals surface area contributed by atoms with E-state index in [9.17, 15) is 4.79 Å². The van der Waals surface area contributed by atoms with Crippen LogP contribution < -0.4 is 9.64 Å². The summed E-state index contributed by atoms with van der Waals surface area (Å²) in [4.78, 5) is 18.5. The molecular weight excluding hydrogens is 336 g/mol. The molecule has 126 valence electrons. The van der Waals surface area contributed by atoms with E-state index in [2.05, 4.69) is 4.98 Å². The summed E-state index contributed by atoms with van der Waals surface area (Å²) in [6, 6.07) is 20.2. The van der Waals surface area contributed by atoms with Crippen molar-refractivity contribution >= 4 is 23.2 Å². The first-order valence-electron chi connectivity index (χ1n) is 7.85. The number of pyridine rings is 1. The minimum absolute atomic E-state index is 0.0487. The fourth-order valence-corrected chi connectivity index (χ4v) is 2.48. The van der Waals surface area contributed by atoms with Crippen molar-refractivity contribution in [2.24, 2.45) is 0 Å². The van der Waals surface area contributed by atoms with Crippen LogP contribution in [-0.2, 0) is 11.3 Å².